The summed E-state index contributed by atoms with van der Waals surface area (Å²) in [7, 11) is 0. The molecule has 1 fully saturated rings. The average Bonchev–Trinajstić information content (AvgIpc) is 2.71. The quantitative estimate of drug-likeness (QED) is 0.547. The van der Waals surface area contributed by atoms with E-state index >= 15 is 0 Å². The van der Waals surface area contributed by atoms with Crippen LogP contribution in [0.2, 0.25) is 0 Å². The van der Waals surface area contributed by atoms with Gasteiger partial charge in [0.25, 0.3) is 12.4 Å². The Bertz CT molecular complexity index is 559. The molecule has 0 heterocycles. The minimum absolute atomic E-state index is 0.186. The molecule has 1 amide bonds. The molecule has 0 spiro atoms. The summed E-state index contributed by atoms with van der Waals surface area (Å²) in [6.07, 6.45) is 11.8. The number of hydrogen-bond acceptors (Lipinski definition) is 3. The minimum atomic E-state index is -0.186. The SMILES string of the molecule is C#CC(=O)N(CC)CC(c1ccccc1)C1CCCCC1.CCOC=O. The van der Waals surface area contributed by atoms with Crippen LogP contribution in [0.5, 0.6) is 0 Å². The van der Waals surface area contributed by atoms with Crippen molar-refractivity contribution in [2.24, 2.45) is 5.92 Å². The van der Waals surface area contributed by atoms with Crippen molar-refractivity contribution in [3.8, 4) is 12.3 Å². The van der Waals surface area contributed by atoms with Gasteiger partial charge in [0.2, 0.25) is 0 Å². The Morgan fingerprint density at radius 3 is 2.38 bits per heavy atom. The van der Waals surface area contributed by atoms with Crippen molar-refractivity contribution in [3.05, 3.63) is 35.9 Å². The van der Waals surface area contributed by atoms with Crippen LogP contribution in [-0.2, 0) is 14.3 Å². The second-order valence-corrected chi connectivity index (χ2v) is 6.45. The standard InChI is InChI=1S/C19H25NO.C3H6O2/c1-3-19(21)20(4-2)15-18(16-11-7-5-8-12-16)17-13-9-6-10-14-17;1-2-5-3-4/h1,5,7-8,11-12,17-18H,4,6,9-10,13-15H2,2H3;3H,2H2,1H3. The first-order chi connectivity index (χ1) is 12.7. The van der Waals surface area contributed by atoms with Gasteiger partial charge < -0.3 is 9.64 Å². The molecule has 0 aliphatic heterocycles. The molecule has 1 atom stereocenters. The molecule has 1 unspecified atom stereocenters. The fourth-order valence-electron chi connectivity index (χ4n) is 3.52. The van der Waals surface area contributed by atoms with Crippen LogP contribution in [0.25, 0.3) is 0 Å². The van der Waals surface area contributed by atoms with Crippen LogP contribution in [-0.4, -0.2) is 37.0 Å². The maximum Gasteiger partial charge on any atom is 0.298 e. The van der Waals surface area contributed by atoms with Gasteiger partial charge >= 0.3 is 0 Å². The summed E-state index contributed by atoms with van der Waals surface area (Å²) in [5, 5.41) is 0. The Morgan fingerprint density at radius 2 is 1.92 bits per heavy atom. The number of hydrogen-bond donors (Lipinski definition) is 0. The van der Waals surface area contributed by atoms with Gasteiger partial charge in [-0.15, -0.1) is 6.42 Å². The zero-order valence-corrected chi connectivity index (χ0v) is 16.0. The Kier molecular flexibility index (Phi) is 10.9. The number of carbonyl (C=O) groups excluding carboxylic acids is 2. The Morgan fingerprint density at radius 1 is 1.27 bits per heavy atom. The normalized spacial score (nSPS) is 15.0. The van der Waals surface area contributed by atoms with Gasteiger partial charge in [-0.05, 0) is 44.1 Å². The molecule has 1 aromatic carbocycles. The smallest absolute Gasteiger partial charge is 0.298 e. The number of ether oxygens (including phenoxy) is 1. The van der Waals surface area contributed by atoms with E-state index in [0.29, 0.717) is 31.5 Å². The number of amides is 1. The van der Waals surface area contributed by atoms with E-state index in [1.165, 1.54) is 37.7 Å². The molecule has 0 bridgehead atoms. The molecule has 4 nitrogen and oxygen atoms in total. The summed E-state index contributed by atoms with van der Waals surface area (Å²) in [4.78, 5) is 22.9. The molecule has 0 radical (unpaired) electrons. The third kappa shape index (κ3) is 7.31. The van der Waals surface area contributed by atoms with Crippen LogP contribution in [0.4, 0.5) is 0 Å². The summed E-state index contributed by atoms with van der Waals surface area (Å²) >= 11 is 0. The van der Waals surface area contributed by atoms with Crippen LogP contribution in [0.1, 0.15) is 57.4 Å². The molecule has 1 saturated carbocycles. The molecule has 1 aliphatic carbocycles. The molecular weight excluding hydrogens is 326 g/mol. The zero-order chi connectivity index (χ0) is 19.2. The van der Waals surface area contributed by atoms with Crippen molar-refractivity contribution in [1.29, 1.82) is 0 Å². The van der Waals surface area contributed by atoms with Crippen LogP contribution < -0.4 is 0 Å². The van der Waals surface area contributed by atoms with Crippen molar-refractivity contribution in [3.63, 3.8) is 0 Å². The van der Waals surface area contributed by atoms with Gasteiger partial charge in [0, 0.05) is 19.0 Å². The van der Waals surface area contributed by atoms with Crippen LogP contribution in [0, 0.1) is 18.3 Å². The molecule has 0 aromatic heterocycles. The lowest BCUT2D eigenvalue weighted by Crippen LogP contribution is -2.36. The lowest BCUT2D eigenvalue weighted by atomic mass is 9.76. The average molecular weight is 357 g/mol. The molecule has 26 heavy (non-hydrogen) atoms. The maximum absolute atomic E-state index is 11.9. The predicted octanol–water partition coefficient (Wildman–Crippen LogP) is 4.01. The zero-order valence-electron chi connectivity index (χ0n) is 16.0. The minimum Gasteiger partial charge on any atom is -0.468 e. The van der Waals surface area contributed by atoms with Crippen molar-refractivity contribution in [2.45, 2.75) is 51.9 Å². The summed E-state index contributed by atoms with van der Waals surface area (Å²) in [6, 6.07) is 10.6. The van der Waals surface area contributed by atoms with Crippen LogP contribution >= 0.6 is 0 Å². The first-order valence-electron chi connectivity index (χ1n) is 9.53. The lowest BCUT2D eigenvalue weighted by Gasteiger charge is -2.34. The Hall–Kier alpha value is -2.28. The van der Waals surface area contributed by atoms with Crippen molar-refractivity contribution >= 4 is 12.4 Å². The highest BCUT2D eigenvalue weighted by Crippen LogP contribution is 2.36. The number of rotatable bonds is 7. The molecule has 1 aromatic rings. The molecular formula is C22H31NO3. The van der Waals surface area contributed by atoms with Crippen LogP contribution in [0.3, 0.4) is 0 Å². The number of nitrogens with zero attached hydrogens (tertiary/aromatic N) is 1. The van der Waals surface area contributed by atoms with E-state index in [-0.39, 0.29) is 5.91 Å². The van der Waals surface area contributed by atoms with Crippen molar-refractivity contribution < 1.29 is 14.3 Å². The molecule has 4 heteroatoms. The van der Waals surface area contributed by atoms with E-state index in [2.05, 4.69) is 34.9 Å². The van der Waals surface area contributed by atoms with Gasteiger partial charge in [-0.2, -0.15) is 0 Å². The summed E-state index contributed by atoms with van der Waals surface area (Å²) in [6.45, 7) is 6.09. The van der Waals surface area contributed by atoms with Gasteiger partial charge in [0.15, 0.2) is 0 Å². The topological polar surface area (TPSA) is 46.6 Å². The van der Waals surface area contributed by atoms with E-state index < -0.39 is 0 Å². The first-order valence-corrected chi connectivity index (χ1v) is 9.53. The molecule has 2 rings (SSSR count). The van der Waals surface area contributed by atoms with Gasteiger partial charge in [-0.25, -0.2) is 0 Å². The molecule has 0 saturated heterocycles. The summed E-state index contributed by atoms with van der Waals surface area (Å²) in [5.74, 6) is 3.15. The van der Waals surface area contributed by atoms with Gasteiger partial charge in [-0.3, -0.25) is 9.59 Å². The Labute approximate surface area is 157 Å². The van der Waals surface area contributed by atoms with E-state index in [0.717, 1.165) is 6.54 Å². The van der Waals surface area contributed by atoms with E-state index in [9.17, 15) is 9.59 Å². The van der Waals surface area contributed by atoms with Gasteiger partial charge in [-0.1, -0.05) is 49.6 Å². The largest absolute Gasteiger partial charge is 0.468 e. The second kappa shape index (κ2) is 13.0. The molecule has 142 valence electrons. The number of terminal acetylenes is 1. The van der Waals surface area contributed by atoms with E-state index in [4.69, 9.17) is 6.42 Å². The second-order valence-electron chi connectivity index (χ2n) is 6.45. The highest BCUT2D eigenvalue weighted by atomic mass is 16.5. The van der Waals surface area contributed by atoms with Crippen molar-refractivity contribution in [1.82, 2.24) is 4.90 Å². The molecule has 0 N–H and O–H groups in total. The highest BCUT2D eigenvalue weighted by Gasteiger charge is 2.27. The van der Waals surface area contributed by atoms with Crippen molar-refractivity contribution in [2.75, 3.05) is 19.7 Å². The third-order valence-electron chi connectivity index (χ3n) is 4.89. The number of benzene rings is 1. The summed E-state index contributed by atoms with van der Waals surface area (Å²) < 4.78 is 4.15. The van der Waals surface area contributed by atoms with Crippen LogP contribution in [0.15, 0.2) is 30.3 Å². The maximum atomic E-state index is 11.9. The van der Waals surface area contributed by atoms with E-state index in [1.54, 1.807) is 6.92 Å². The monoisotopic (exact) mass is 357 g/mol. The summed E-state index contributed by atoms with van der Waals surface area (Å²) in [5.41, 5.74) is 1.34. The Balaban J connectivity index is 0.000000597. The van der Waals surface area contributed by atoms with Gasteiger partial charge in [0.1, 0.15) is 0 Å². The fourth-order valence-corrected chi connectivity index (χ4v) is 3.52. The predicted molar refractivity (Wildman–Crippen MR) is 105 cm³/mol. The van der Waals surface area contributed by atoms with E-state index in [1.807, 2.05) is 17.9 Å². The molecule has 1 aliphatic rings. The highest BCUT2D eigenvalue weighted by molar-refractivity contribution is 5.92. The number of carbonyl (C=O) groups is 2. The number of likely N-dealkylation sites (N-methyl/N-ethyl adjacent to an activating group) is 1. The first kappa shape index (κ1) is 21.8. The fraction of sp³-hybridized carbons (Fsp3) is 0.545. The third-order valence-corrected chi connectivity index (χ3v) is 4.89. The van der Waals surface area contributed by atoms with Gasteiger partial charge in [0.05, 0.1) is 6.61 Å². The lowest BCUT2D eigenvalue weighted by molar-refractivity contribution is -0.128.